The molecule has 0 unspecified atom stereocenters. The number of carbonyl (C=O) groups is 2. The molecule has 0 aromatic heterocycles. The lowest BCUT2D eigenvalue weighted by atomic mass is 9.83. The summed E-state index contributed by atoms with van der Waals surface area (Å²) in [5.74, 6) is -0.263. The number of nitrogens with zero attached hydrogens (tertiary/aromatic N) is 1. The Morgan fingerprint density at radius 1 is 0.731 bits per heavy atom. The van der Waals surface area contributed by atoms with Crippen LogP contribution in [0.5, 0.6) is 11.5 Å². The number of para-hydroxylation sites is 1. The van der Waals surface area contributed by atoms with E-state index in [1.165, 1.54) is 24.3 Å². The van der Waals surface area contributed by atoms with Gasteiger partial charge in [0, 0.05) is 17.2 Å². The van der Waals surface area contributed by atoms with Crippen molar-refractivity contribution in [3.05, 3.63) is 99.1 Å². The van der Waals surface area contributed by atoms with Gasteiger partial charge in [-0.15, -0.1) is 0 Å². The number of carbonyl (C=O) groups excluding carboxylic acids is 2. The number of ketones is 2. The first-order valence-electron chi connectivity index (χ1n) is 7.80. The van der Waals surface area contributed by atoms with Gasteiger partial charge in [0.2, 0.25) is 5.78 Å². The van der Waals surface area contributed by atoms with Crippen LogP contribution in [0.15, 0.2) is 66.7 Å². The second kappa shape index (κ2) is 5.93. The van der Waals surface area contributed by atoms with Gasteiger partial charge in [-0.25, -0.2) is 0 Å². The first-order chi connectivity index (χ1) is 12.6. The summed E-state index contributed by atoms with van der Waals surface area (Å²) in [6, 6.07) is 17.6. The van der Waals surface area contributed by atoms with Gasteiger partial charge in [-0.05, 0) is 24.3 Å². The Balaban J connectivity index is 1.89. The number of benzene rings is 3. The molecule has 0 aliphatic heterocycles. The third kappa shape index (κ3) is 2.36. The summed E-state index contributed by atoms with van der Waals surface area (Å²) in [6.07, 6.45) is 0. The second-order valence-corrected chi connectivity index (χ2v) is 5.71. The summed E-state index contributed by atoms with van der Waals surface area (Å²) >= 11 is 0. The Bertz CT molecular complexity index is 1070. The zero-order valence-corrected chi connectivity index (χ0v) is 13.3. The standard InChI is InChI=1S/C20H11NO5/c22-19-14-9-5-11-16(26-12-6-2-1-3-7-12)18(14)20(23)13-8-4-10-15(17(13)19)21(24)25/h1-11H. The molecule has 0 atom stereocenters. The minimum absolute atomic E-state index is 0.0146. The molecule has 3 aromatic carbocycles. The van der Waals surface area contributed by atoms with Crippen molar-refractivity contribution in [3.8, 4) is 11.5 Å². The van der Waals surface area contributed by atoms with Gasteiger partial charge in [0.1, 0.15) is 17.1 Å². The first kappa shape index (κ1) is 15.7. The normalized spacial score (nSPS) is 12.3. The topological polar surface area (TPSA) is 86.5 Å². The van der Waals surface area contributed by atoms with Gasteiger partial charge >= 0.3 is 0 Å². The Morgan fingerprint density at radius 3 is 2.04 bits per heavy atom. The van der Waals surface area contributed by atoms with Gasteiger partial charge < -0.3 is 4.74 Å². The zero-order chi connectivity index (χ0) is 18.3. The Labute approximate surface area is 147 Å². The van der Waals surface area contributed by atoms with Crippen LogP contribution in [-0.2, 0) is 0 Å². The SMILES string of the molecule is O=C1c2cccc([N+](=O)[O-])c2C(=O)c2cccc(Oc3ccccc3)c21. The highest BCUT2D eigenvalue weighted by Crippen LogP contribution is 2.38. The van der Waals surface area contributed by atoms with E-state index in [1.54, 1.807) is 36.4 Å². The van der Waals surface area contributed by atoms with Crippen molar-refractivity contribution in [2.75, 3.05) is 0 Å². The molecule has 4 rings (SSSR count). The number of hydrogen-bond acceptors (Lipinski definition) is 5. The van der Waals surface area contributed by atoms with E-state index in [1.807, 2.05) is 6.07 Å². The molecule has 6 nitrogen and oxygen atoms in total. The Kier molecular flexibility index (Phi) is 3.58. The van der Waals surface area contributed by atoms with Gasteiger partial charge in [0.25, 0.3) is 5.69 Å². The lowest BCUT2D eigenvalue weighted by Gasteiger charge is -2.20. The van der Waals surface area contributed by atoms with Gasteiger partial charge in [-0.1, -0.05) is 36.4 Å². The average molecular weight is 345 g/mol. The van der Waals surface area contributed by atoms with Gasteiger partial charge in [0.15, 0.2) is 5.78 Å². The van der Waals surface area contributed by atoms with Crippen LogP contribution in [0, 0.1) is 10.1 Å². The maximum Gasteiger partial charge on any atom is 0.281 e. The lowest BCUT2D eigenvalue weighted by molar-refractivity contribution is -0.385. The van der Waals surface area contributed by atoms with Gasteiger partial charge in [-0.2, -0.15) is 0 Å². The monoisotopic (exact) mass is 345 g/mol. The molecule has 1 aliphatic rings. The molecule has 1 aliphatic carbocycles. The van der Waals surface area contributed by atoms with Crippen LogP contribution in [0.2, 0.25) is 0 Å². The molecule has 0 fully saturated rings. The molecule has 0 heterocycles. The van der Waals surface area contributed by atoms with Crippen molar-refractivity contribution >= 4 is 17.3 Å². The van der Waals surface area contributed by atoms with Crippen LogP contribution in [0.4, 0.5) is 5.69 Å². The van der Waals surface area contributed by atoms with Crippen LogP contribution < -0.4 is 4.74 Å². The minimum atomic E-state index is -0.653. The van der Waals surface area contributed by atoms with E-state index in [0.717, 1.165) is 0 Å². The summed E-state index contributed by atoms with van der Waals surface area (Å²) in [5.41, 5.74) is -0.312. The van der Waals surface area contributed by atoms with E-state index in [-0.39, 0.29) is 33.7 Å². The molecule has 0 saturated heterocycles. The lowest BCUT2D eigenvalue weighted by Crippen LogP contribution is -2.22. The predicted molar refractivity (Wildman–Crippen MR) is 92.9 cm³/mol. The van der Waals surface area contributed by atoms with Crippen molar-refractivity contribution in [2.24, 2.45) is 0 Å². The average Bonchev–Trinajstić information content (AvgIpc) is 2.66. The van der Waals surface area contributed by atoms with Crippen LogP contribution in [0.1, 0.15) is 31.8 Å². The molecule has 0 bridgehead atoms. The number of nitro groups is 1. The number of rotatable bonds is 3. The molecule has 126 valence electrons. The third-order valence-corrected chi connectivity index (χ3v) is 4.18. The van der Waals surface area contributed by atoms with Gasteiger partial charge in [0.05, 0.1) is 10.5 Å². The summed E-state index contributed by atoms with van der Waals surface area (Å²) in [7, 11) is 0. The molecule has 26 heavy (non-hydrogen) atoms. The van der Waals surface area contributed by atoms with Crippen molar-refractivity contribution in [1.82, 2.24) is 0 Å². The third-order valence-electron chi connectivity index (χ3n) is 4.18. The Morgan fingerprint density at radius 2 is 1.35 bits per heavy atom. The minimum Gasteiger partial charge on any atom is -0.457 e. The quantitative estimate of drug-likeness (QED) is 0.411. The van der Waals surface area contributed by atoms with E-state index in [4.69, 9.17) is 4.74 Å². The van der Waals surface area contributed by atoms with Crippen LogP contribution in [0.3, 0.4) is 0 Å². The van der Waals surface area contributed by atoms with Crippen molar-refractivity contribution in [2.45, 2.75) is 0 Å². The largest absolute Gasteiger partial charge is 0.457 e. The molecule has 3 aromatic rings. The highest BCUT2D eigenvalue weighted by molar-refractivity contribution is 6.30. The van der Waals surface area contributed by atoms with Crippen LogP contribution in [-0.4, -0.2) is 16.5 Å². The second-order valence-electron chi connectivity index (χ2n) is 5.71. The van der Waals surface area contributed by atoms with E-state index in [9.17, 15) is 19.7 Å². The van der Waals surface area contributed by atoms with E-state index < -0.39 is 16.5 Å². The highest BCUT2D eigenvalue weighted by Gasteiger charge is 2.37. The number of hydrogen-bond donors (Lipinski definition) is 0. The number of nitro benzene ring substituents is 1. The molecular formula is C20H11NO5. The van der Waals surface area contributed by atoms with Gasteiger partial charge in [-0.3, -0.25) is 19.7 Å². The van der Waals surface area contributed by atoms with E-state index in [0.29, 0.717) is 5.75 Å². The fourth-order valence-electron chi connectivity index (χ4n) is 3.04. The van der Waals surface area contributed by atoms with E-state index >= 15 is 0 Å². The maximum atomic E-state index is 13.0. The van der Waals surface area contributed by atoms with Crippen molar-refractivity contribution < 1.29 is 19.2 Å². The molecular weight excluding hydrogens is 334 g/mol. The predicted octanol–water partition coefficient (Wildman–Crippen LogP) is 4.16. The molecule has 0 saturated carbocycles. The number of ether oxygens (including phenoxy) is 1. The summed E-state index contributed by atoms with van der Waals surface area (Å²) < 4.78 is 5.78. The maximum absolute atomic E-state index is 13.0. The van der Waals surface area contributed by atoms with Crippen LogP contribution >= 0.6 is 0 Å². The molecule has 0 amide bonds. The fraction of sp³-hybridized carbons (Fsp3) is 0. The first-order valence-corrected chi connectivity index (χ1v) is 7.80. The summed E-state index contributed by atoms with van der Waals surface area (Å²) in [4.78, 5) is 36.5. The molecule has 0 N–H and O–H groups in total. The molecule has 0 radical (unpaired) electrons. The summed E-state index contributed by atoms with van der Waals surface area (Å²) in [5, 5.41) is 11.3. The van der Waals surface area contributed by atoms with E-state index in [2.05, 4.69) is 0 Å². The van der Waals surface area contributed by atoms with Crippen molar-refractivity contribution in [3.63, 3.8) is 0 Å². The highest BCUT2D eigenvalue weighted by atomic mass is 16.6. The zero-order valence-electron chi connectivity index (χ0n) is 13.3. The molecule has 6 heteroatoms. The number of fused-ring (bicyclic) bond motifs is 2. The Hall–Kier alpha value is -3.80. The fourth-order valence-corrected chi connectivity index (χ4v) is 3.04. The molecule has 0 spiro atoms. The smallest absolute Gasteiger partial charge is 0.281 e. The van der Waals surface area contributed by atoms with Crippen molar-refractivity contribution in [1.29, 1.82) is 0 Å². The van der Waals surface area contributed by atoms with Crippen LogP contribution in [0.25, 0.3) is 0 Å². The summed E-state index contributed by atoms with van der Waals surface area (Å²) in [6.45, 7) is 0.